The summed E-state index contributed by atoms with van der Waals surface area (Å²) in [4.78, 5) is 10.7. The first-order valence-electron chi connectivity index (χ1n) is 3.74. The standard InChI is InChI=1S/C9H5IO3S/c10-8-7(11)5-3-4(9(12)13)1-2-6(5)14-8/h1-3,11H,(H,12,13). The van der Waals surface area contributed by atoms with Crippen LogP contribution < -0.4 is 0 Å². The minimum absolute atomic E-state index is 0.175. The fourth-order valence-corrected chi connectivity index (χ4v) is 2.99. The van der Waals surface area contributed by atoms with E-state index in [9.17, 15) is 9.90 Å². The van der Waals surface area contributed by atoms with Crippen LogP contribution in [0, 0.1) is 2.88 Å². The third kappa shape index (κ3) is 1.46. The number of thiophene rings is 1. The summed E-state index contributed by atoms with van der Waals surface area (Å²) in [5.41, 5.74) is 0.196. The Morgan fingerprint density at radius 1 is 1.43 bits per heavy atom. The normalized spacial score (nSPS) is 10.6. The monoisotopic (exact) mass is 320 g/mol. The van der Waals surface area contributed by atoms with Crippen molar-refractivity contribution in [1.29, 1.82) is 0 Å². The molecule has 0 saturated heterocycles. The molecular weight excluding hydrogens is 315 g/mol. The molecule has 14 heavy (non-hydrogen) atoms. The number of carboxylic acids is 1. The molecule has 72 valence electrons. The number of halogens is 1. The van der Waals surface area contributed by atoms with Crippen LogP contribution in [0.25, 0.3) is 10.1 Å². The molecule has 0 bridgehead atoms. The lowest BCUT2D eigenvalue weighted by Crippen LogP contribution is -1.94. The largest absolute Gasteiger partial charge is 0.505 e. The highest BCUT2D eigenvalue weighted by Crippen LogP contribution is 2.37. The molecule has 2 aromatic rings. The molecule has 0 fully saturated rings. The first-order valence-corrected chi connectivity index (χ1v) is 5.63. The summed E-state index contributed by atoms with van der Waals surface area (Å²) in [5, 5.41) is 19.0. The van der Waals surface area contributed by atoms with Gasteiger partial charge in [-0.3, -0.25) is 0 Å². The van der Waals surface area contributed by atoms with Crippen LogP contribution in [0.4, 0.5) is 0 Å². The Hall–Kier alpha value is -0.820. The second-order valence-corrected chi connectivity index (χ2v) is 5.60. The average molecular weight is 320 g/mol. The molecule has 0 aliphatic rings. The fraction of sp³-hybridized carbons (Fsp3) is 0. The highest BCUT2D eigenvalue weighted by molar-refractivity contribution is 14.1. The van der Waals surface area contributed by atoms with E-state index in [1.807, 2.05) is 22.6 Å². The van der Waals surface area contributed by atoms with Crippen LogP contribution in [-0.4, -0.2) is 16.2 Å². The predicted molar refractivity (Wildman–Crippen MR) is 63.2 cm³/mol. The van der Waals surface area contributed by atoms with Crippen molar-refractivity contribution >= 4 is 50.0 Å². The van der Waals surface area contributed by atoms with Crippen molar-refractivity contribution < 1.29 is 15.0 Å². The van der Waals surface area contributed by atoms with E-state index >= 15 is 0 Å². The first-order chi connectivity index (χ1) is 6.59. The molecule has 3 nitrogen and oxygen atoms in total. The van der Waals surface area contributed by atoms with E-state index in [1.54, 1.807) is 6.07 Å². The van der Waals surface area contributed by atoms with Crippen LogP contribution in [-0.2, 0) is 0 Å². The number of carbonyl (C=O) groups is 1. The van der Waals surface area contributed by atoms with Crippen molar-refractivity contribution in [3.63, 3.8) is 0 Å². The van der Waals surface area contributed by atoms with Gasteiger partial charge in [0.25, 0.3) is 0 Å². The zero-order chi connectivity index (χ0) is 10.3. The lowest BCUT2D eigenvalue weighted by atomic mass is 10.1. The van der Waals surface area contributed by atoms with Gasteiger partial charge >= 0.3 is 5.97 Å². The van der Waals surface area contributed by atoms with Gasteiger partial charge in [-0.25, -0.2) is 4.79 Å². The van der Waals surface area contributed by atoms with Crippen LogP contribution in [0.5, 0.6) is 5.75 Å². The second kappa shape index (κ2) is 3.39. The Labute approximate surface area is 97.1 Å². The van der Waals surface area contributed by atoms with Crippen molar-refractivity contribution in [1.82, 2.24) is 0 Å². The Morgan fingerprint density at radius 2 is 2.14 bits per heavy atom. The number of hydrogen-bond acceptors (Lipinski definition) is 3. The quantitative estimate of drug-likeness (QED) is 0.795. The molecule has 1 aromatic carbocycles. The van der Waals surface area contributed by atoms with Crippen molar-refractivity contribution in [2.45, 2.75) is 0 Å². The van der Waals surface area contributed by atoms with E-state index < -0.39 is 5.97 Å². The second-order valence-electron chi connectivity index (χ2n) is 2.74. The molecule has 0 aliphatic carbocycles. The Bertz CT molecular complexity index is 518. The van der Waals surface area contributed by atoms with E-state index in [4.69, 9.17) is 5.11 Å². The van der Waals surface area contributed by atoms with Gasteiger partial charge in [0.2, 0.25) is 0 Å². The molecule has 1 aromatic heterocycles. The molecule has 0 saturated carbocycles. The zero-order valence-electron chi connectivity index (χ0n) is 6.82. The number of fused-ring (bicyclic) bond motifs is 1. The highest BCUT2D eigenvalue weighted by atomic mass is 127. The smallest absolute Gasteiger partial charge is 0.335 e. The van der Waals surface area contributed by atoms with Crippen LogP contribution in [0.1, 0.15) is 10.4 Å². The summed E-state index contributed by atoms with van der Waals surface area (Å²) < 4.78 is 1.68. The molecule has 0 aliphatic heterocycles. The maximum atomic E-state index is 10.7. The van der Waals surface area contributed by atoms with Crippen LogP contribution in [0.3, 0.4) is 0 Å². The number of rotatable bonds is 1. The number of benzene rings is 1. The number of hydrogen-bond donors (Lipinski definition) is 2. The van der Waals surface area contributed by atoms with Gasteiger partial charge < -0.3 is 10.2 Å². The van der Waals surface area contributed by atoms with Crippen molar-refractivity contribution in [3.05, 3.63) is 26.6 Å². The first kappa shape index (κ1) is 9.72. The molecule has 0 atom stereocenters. The van der Waals surface area contributed by atoms with Gasteiger partial charge in [0, 0.05) is 10.1 Å². The molecule has 2 N–H and O–H groups in total. The summed E-state index contributed by atoms with van der Waals surface area (Å²) in [7, 11) is 0. The number of aromatic carboxylic acids is 1. The zero-order valence-corrected chi connectivity index (χ0v) is 9.79. The van der Waals surface area contributed by atoms with Crippen LogP contribution in [0.15, 0.2) is 18.2 Å². The summed E-state index contributed by atoms with van der Waals surface area (Å²) in [6.45, 7) is 0. The number of carboxylic acid groups (broad SMARTS) is 1. The maximum Gasteiger partial charge on any atom is 0.335 e. The SMILES string of the molecule is O=C(O)c1ccc2sc(I)c(O)c2c1. The Kier molecular flexibility index (Phi) is 2.36. The van der Waals surface area contributed by atoms with E-state index in [-0.39, 0.29) is 11.3 Å². The Morgan fingerprint density at radius 3 is 2.79 bits per heavy atom. The van der Waals surface area contributed by atoms with Gasteiger partial charge in [0.15, 0.2) is 0 Å². The fourth-order valence-electron chi connectivity index (χ4n) is 1.19. The minimum atomic E-state index is -0.979. The molecule has 0 unspecified atom stereocenters. The summed E-state index contributed by atoms with van der Waals surface area (Å²) >= 11 is 3.47. The van der Waals surface area contributed by atoms with E-state index in [1.165, 1.54) is 23.5 Å². The van der Waals surface area contributed by atoms with Crippen molar-refractivity contribution in [2.75, 3.05) is 0 Å². The summed E-state index contributed by atoms with van der Waals surface area (Å²) in [6.07, 6.45) is 0. The third-order valence-electron chi connectivity index (χ3n) is 1.87. The van der Waals surface area contributed by atoms with E-state index in [0.717, 1.165) is 7.58 Å². The molecule has 2 rings (SSSR count). The van der Waals surface area contributed by atoms with Gasteiger partial charge in [0.05, 0.1) is 5.56 Å². The van der Waals surface area contributed by atoms with Gasteiger partial charge in [-0.1, -0.05) is 0 Å². The van der Waals surface area contributed by atoms with Gasteiger partial charge in [-0.05, 0) is 40.8 Å². The molecule has 0 spiro atoms. The van der Waals surface area contributed by atoms with Gasteiger partial charge in [0.1, 0.15) is 8.63 Å². The van der Waals surface area contributed by atoms with Crippen molar-refractivity contribution in [2.24, 2.45) is 0 Å². The lowest BCUT2D eigenvalue weighted by Gasteiger charge is -1.94. The minimum Gasteiger partial charge on any atom is -0.505 e. The molecule has 0 amide bonds. The highest BCUT2D eigenvalue weighted by Gasteiger charge is 2.11. The maximum absolute atomic E-state index is 10.7. The Balaban J connectivity index is 2.76. The lowest BCUT2D eigenvalue weighted by molar-refractivity contribution is 0.0697. The summed E-state index contributed by atoms with van der Waals surface area (Å²) in [5.74, 6) is -0.804. The average Bonchev–Trinajstić information content (AvgIpc) is 2.43. The molecular formula is C9H5IO3S. The predicted octanol–water partition coefficient (Wildman–Crippen LogP) is 2.91. The van der Waals surface area contributed by atoms with Crippen LogP contribution >= 0.6 is 33.9 Å². The molecule has 1 heterocycles. The molecule has 0 radical (unpaired) electrons. The van der Waals surface area contributed by atoms with E-state index in [0.29, 0.717) is 5.39 Å². The topological polar surface area (TPSA) is 57.5 Å². The van der Waals surface area contributed by atoms with E-state index in [2.05, 4.69) is 0 Å². The van der Waals surface area contributed by atoms with Gasteiger partial charge in [-0.15, -0.1) is 11.3 Å². The summed E-state index contributed by atoms with van der Waals surface area (Å²) in [6, 6.07) is 4.74. The van der Waals surface area contributed by atoms with Crippen molar-refractivity contribution in [3.8, 4) is 5.75 Å². The number of aromatic hydroxyl groups is 1. The van der Waals surface area contributed by atoms with Gasteiger partial charge in [-0.2, -0.15) is 0 Å². The molecule has 5 heteroatoms. The van der Waals surface area contributed by atoms with Crippen LogP contribution in [0.2, 0.25) is 0 Å². The third-order valence-corrected chi connectivity index (χ3v) is 3.99.